The average molecular weight is 580 g/mol. The van der Waals surface area contributed by atoms with Gasteiger partial charge in [-0.3, -0.25) is 0 Å². The van der Waals surface area contributed by atoms with Gasteiger partial charge in [0.2, 0.25) is 0 Å². The summed E-state index contributed by atoms with van der Waals surface area (Å²) in [6.45, 7) is 7.99. The maximum absolute atomic E-state index is 13.2. The third-order valence-corrected chi connectivity index (χ3v) is 8.20. The van der Waals surface area contributed by atoms with Gasteiger partial charge in [0.15, 0.2) is 0 Å². The zero-order valence-electron chi connectivity index (χ0n) is 25.5. The molecular formula is C40H37NO3. The number of anilines is 1. The standard InChI is InChI=1S/C40H37NO3/c1-29-25-40(2,3)41(26-30-15-7-4-8-16-30)36-24-23-33(35(38(29)36)28-44-39(42)32-19-11-6-12-20-32)34-21-13-14-22-37(34)43-27-31-17-9-5-10-18-31/h4-25H,26-28H2,1-3H3. The molecule has 0 radical (unpaired) electrons. The molecule has 0 aliphatic carbocycles. The van der Waals surface area contributed by atoms with E-state index >= 15 is 0 Å². The number of benzene rings is 5. The molecule has 0 N–H and O–H groups in total. The van der Waals surface area contributed by atoms with E-state index in [1.807, 2.05) is 60.7 Å². The van der Waals surface area contributed by atoms with Crippen LogP contribution in [-0.2, 0) is 24.5 Å². The molecule has 0 bridgehead atoms. The van der Waals surface area contributed by atoms with Gasteiger partial charge in [-0.1, -0.05) is 109 Å². The second-order valence-electron chi connectivity index (χ2n) is 11.8. The maximum Gasteiger partial charge on any atom is 0.338 e. The Morgan fingerprint density at radius 2 is 1.30 bits per heavy atom. The molecule has 4 heteroatoms. The van der Waals surface area contributed by atoms with Crippen LogP contribution in [0.2, 0.25) is 0 Å². The highest BCUT2D eigenvalue weighted by molar-refractivity contribution is 5.91. The lowest BCUT2D eigenvalue weighted by Crippen LogP contribution is -2.44. The summed E-state index contributed by atoms with van der Waals surface area (Å²) < 4.78 is 12.4. The van der Waals surface area contributed by atoms with E-state index in [2.05, 4.69) is 86.3 Å². The van der Waals surface area contributed by atoms with Crippen molar-refractivity contribution in [3.8, 4) is 16.9 Å². The Kier molecular flexibility index (Phi) is 8.33. The Morgan fingerprint density at radius 1 is 0.682 bits per heavy atom. The Balaban J connectivity index is 1.45. The third-order valence-electron chi connectivity index (χ3n) is 8.20. The molecule has 5 aromatic rings. The van der Waals surface area contributed by atoms with E-state index in [0.29, 0.717) is 12.2 Å². The first-order valence-electron chi connectivity index (χ1n) is 15.1. The van der Waals surface area contributed by atoms with Gasteiger partial charge in [-0.25, -0.2) is 4.79 Å². The molecule has 1 aliphatic rings. The molecule has 0 saturated carbocycles. The summed E-state index contributed by atoms with van der Waals surface area (Å²) >= 11 is 0. The van der Waals surface area contributed by atoms with Gasteiger partial charge in [0.05, 0.1) is 11.1 Å². The number of hydrogen-bond acceptors (Lipinski definition) is 4. The van der Waals surface area contributed by atoms with Crippen molar-refractivity contribution in [1.29, 1.82) is 0 Å². The third kappa shape index (κ3) is 6.16. The molecule has 4 nitrogen and oxygen atoms in total. The maximum atomic E-state index is 13.2. The molecule has 6 rings (SSSR count). The summed E-state index contributed by atoms with van der Waals surface area (Å²) in [5.41, 5.74) is 8.93. The van der Waals surface area contributed by atoms with Crippen LogP contribution in [0.3, 0.4) is 0 Å². The number of ether oxygens (including phenoxy) is 2. The molecule has 1 heterocycles. The molecule has 0 amide bonds. The fourth-order valence-corrected chi connectivity index (χ4v) is 6.09. The van der Waals surface area contributed by atoms with Crippen LogP contribution in [0, 0.1) is 0 Å². The van der Waals surface area contributed by atoms with Crippen LogP contribution in [0.25, 0.3) is 16.7 Å². The molecule has 5 aromatic carbocycles. The minimum absolute atomic E-state index is 0.129. The first kappa shape index (κ1) is 29.0. The van der Waals surface area contributed by atoms with Crippen LogP contribution in [-0.4, -0.2) is 11.5 Å². The number of carbonyl (C=O) groups excluding carboxylic acids is 1. The molecule has 0 atom stereocenters. The largest absolute Gasteiger partial charge is 0.488 e. The van der Waals surface area contributed by atoms with Crippen LogP contribution in [0.15, 0.2) is 133 Å². The molecule has 1 aliphatic heterocycles. The molecule has 0 aromatic heterocycles. The molecule has 0 unspecified atom stereocenters. The lowest BCUT2D eigenvalue weighted by molar-refractivity contribution is 0.0473. The molecule has 0 saturated heterocycles. The Bertz CT molecular complexity index is 1780. The highest BCUT2D eigenvalue weighted by atomic mass is 16.5. The van der Waals surface area contributed by atoms with Crippen molar-refractivity contribution in [3.63, 3.8) is 0 Å². The minimum atomic E-state index is -0.346. The number of fused-ring (bicyclic) bond motifs is 1. The average Bonchev–Trinajstić information content (AvgIpc) is 3.05. The summed E-state index contributed by atoms with van der Waals surface area (Å²) in [4.78, 5) is 15.6. The Labute approximate surface area is 260 Å². The van der Waals surface area contributed by atoms with Crippen molar-refractivity contribution in [2.24, 2.45) is 0 Å². The van der Waals surface area contributed by atoms with Crippen molar-refractivity contribution >= 4 is 17.2 Å². The highest BCUT2D eigenvalue weighted by Gasteiger charge is 2.34. The minimum Gasteiger partial charge on any atom is -0.488 e. The van der Waals surface area contributed by atoms with E-state index in [4.69, 9.17) is 9.47 Å². The lowest BCUT2D eigenvalue weighted by Gasteiger charge is -2.44. The SMILES string of the molecule is CC1=CC(C)(C)N(Cc2ccccc2)c2ccc(-c3ccccc3OCc3ccccc3)c(COC(=O)c3ccccc3)c21. The van der Waals surface area contributed by atoms with Gasteiger partial charge in [-0.05, 0) is 67.3 Å². The normalized spacial score (nSPS) is 13.5. The molecule has 0 fully saturated rings. The van der Waals surface area contributed by atoms with Crippen LogP contribution < -0.4 is 9.64 Å². The monoisotopic (exact) mass is 579 g/mol. The van der Waals surface area contributed by atoms with Crippen molar-refractivity contribution in [2.75, 3.05) is 4.90 Å². The summed E-state index contributed by atoms with van der Waals surface area (Å²) in [6.07, 6.45) is 2.32. The molecule has 0 spiro atoms. The Morgan fingerprint density at radius 3 is 2.00 bits per heavy atom. The highest BCUT2D eigenvalue weighted by Crippen LogP contribution is 2.46. The first-order valence-corrected chi connectivity index (χ1v) is 15.1. The van der Waals surface area contributed by atoms with Gasteiger partial charge in [-0.15, -0.1) is 0 Å². The van der Waals surface area contributed by atoms with E-state index in [9.17, 15) is 4.79 Å². The van der Waals surface area contributed by atoms with Crippen LogP contribution in [0.4, 0.5) is 5.69 Å². The number of esters is 1. The number of para-hydroxylation sites is 1. The fraction of sp³-hybridized carbons (Fsp3) is 0.175. The summed E-state index contributed by atoms with van der Waals surface area (Å²) in [5, 5.41) is 0. The molecular weight excluding hydrogens is 542 g/mol. The van der Waals surface area contributed by atoms with E-state index in [-0.39, 0.29) is 18.1 Å². The first-order chi connectivity index (χ1) is 21.4. The van der Waals surface area contributed by atoms with Gasteiger partial charge in [0.1, 0.15) is 19.0 Å². The number of hydrogen-bond donors (Lipinski definition) is 0. The number of rotatable bonds is 9. The molecule has 44 heavy (non-hydrogen) atoms. The summed E-state index contributed by atoms with van der Waals surface area (Å²) in [7, 11) is 0. The summed E-state index contributed by atoms with van der Waals surface area (Å²) in [6, 6.07) is 42.3. The van der Waals surface area contributed by atoms with Crippen LogP contribution in [0.1, 0.15) is 53.4 Å². The van der Waals surface area contributed by atoms with Crippen molar-refractivity contribution < 1.29 is 14.3 Å². The van der Waals surface area contributed by atoms with E-state index in [0.717, 1.165) is 51.4 Å². The smallest absolute Gasteiger partial charge is 0.338 e. The van der Waals surface area contributed by atoms with E-state index in [1.54, 1.807) is 12.1 Å². The number of allylic oxidation sites excluding steroid dienone is 1. The van der Waals surface area contributed by atoms with Crippen molar-refractivity contribution in [1.82, 2.24) is 0 Å². The van der Waals surface area contributed by atoms with Crippen molar-refractivity contribution in [3.05, 3.63) is 161 Å². The van der Waals surface area contributed by atoms with Gasteiger partial charge in [-0.2, -0.15) is 0 Å². The molecule has 220 valence electrons. The summed E-state index contributed by atoms with van der Waals surface area (Å²) in [5.74, 6) is 0.438. The van der Waals surface area contributed by atoms with Crippen LogP contribution in [0.5, 0.6) is 5.75 Å². The van der Waals surface area contributed by atoms with Crippen LogP contribution >= 0.6 is 0 Å². The quantitative estimate of drug-likeness (QED) is 0.163. The predicted molar refractivity (Wildman–Crippen MR) is 179 cm³/mol. The predicted octanol–water partition coefficient (Wildman–Crippen LogP) is 9.49. The second-order valence-corrected chi connectivity index (χ2v) is 11.8. The number of nitrogens with zero attached hydrogens (tertiary/aromatic N) is 1. The van der Waals surface area contributed by atoms with Gasteiger partial charge in [0.25, 0.3) is 0 Å². The lowest BCUT2D eigenvalue weighted by atomic mass is 9.83. The van der Waals surface area contributed by atoms with E-state index < -0.39 is 0 Å². The zero-order chi connectivity index (χ0) is 30.5. The Hall–Kier alpha value is -5.09. The number of carbonyl (C=O) groups is 1. The zero-order valence-corrected chi connectivity index (χ0v) is 25.5. The van der Waals surface area contributed by atoms with Gasteiger partial charge >= 0.3 is 5.97 Å². The fourth-order valence-electron chi connectivity index (χ4n) is 6.09. The van der Waals surface area contributed by atoms with E-state index in [1.165, 1.54) is 5.56 Å². The van der Waals surface area contributed by atoms with Gasteiger partial charge in [0, 0.05) is 28.9 Å². The topological polar surface area (TPSA) is 38.8 Å². The van der Waals surface area contributed by atoms with Gasteiger partial charge < -0.3 is 14.4 Å². The van der Waals surface area contributed by atoms with Crippen molar-refractivity contribution in [2.45, 2.75) is 46.1 Å². The second kappa shape index (κ2) is 12.6.